The fourth-order valence-corrected chi connectivity index (χ4v) is 11.2. The Bertz CT molecular complexity index is 2740. The Morgan fingerprint density at radius 3 is 2.41 bits per heavy atom. The lowest BCUT2D eigenvalue weighted by atomic mass is 9.55. The summed E-state index contributed by atoms with van der Waals surface area (Å²) in [6, 6.07) is 35.3. The molecule has 2 aliphatic carbocycles. The van der Waals surface area contributed by atoms with E-state index in [9.17, 15) is 20.3 Å². The minimum absolute atomic E-state index is 0.00238. The number of unbranched alkanes of at least 4 members (excludes halogenated alkanes) is 2. The van der Waals surface area contributed by atoms with E-state index in [0.717, 1.165) is 84.1 Å². The van der Waals surface area contributed by atoms with Crippen LogP contribution in [0.4, 0.5) is 10.5 Å². The largest absolute Gasteiger partial charge is 0.492 e. The molecule has 0 spiro atoms. The molecule has 0 radical (unpaired) electrons. The first-order valence-corrected chi connectivity index (χ1v) is 26.1. The monoisotopic (exact) mass is 1010 g/mol. The predicted octanol–water partition coefficient (Wildman–Crippen LogP) is 10.1. The van der Waals surface area contributed by atoms with Gasteiger partial charge in [0.25, 0.3) is 5.69 Å². The van der Waals surface area contributed by atoms with Crippen LogP contribution in [0, 0.1) is 27.9 Å². The van der Waals surface area contributed by atoms with Crippen molar-refractivity contribution in [2.45, 2.75) is 82.5 Å². The summed E-state index contributed by atoms with van der Waals surface area (Å²) in [4.78, 5) is 36.7. The third-order valence-electron chi connectivity index (χ3n) is 14.8. The third kappa shape index (κ3) is 12.3. The average Bonchev–Trinajstić information content (AvgIpc) is 4.28. The first kappa shape index (κ1) is 52.3. The van der Waals surface area contributed by atoms with Gasteiger partial charge in [0.05, 0.1) is 42.9 Å². The summed E-state index contributed by atoms with van der Waals surface area (Å²) >= 11 is 0. The summed E-state index contributed by atoms with van der Waals surface area (Å²) in [7, 11) is 0. The molecule has 6 atom stereocenters. The van der Waals surface area contributed by atoms with E-state index in [1.165, 1.54) is 12.1 Å². The molecule has 5 aromatic rings. The number of fused-ring (bicyclic) bond motifs is 3. The highest BCUT2D eigenvalue weighted by molar-refractivity contribution is 6.03. The number of nitro benzene ring substituents is 1. The Labute approximate surface area is 433 Å². The Hall–Kier alpha value is -6.62. The van der Waals surface area contributed by atoms with Gasteiger partial charge in [0.2, 0.25) is 5.79 Å². The summed E-state index contributed by atoms with van der Waals surface area (Å²) < 4.78 is 33.5. The maximum absolute atomic E-state index is 15.3. The van der Waals surface area contributed by atoms with Gasteiger partial charge in [0.1, 0.15) is 37.4 Å². The first-order chi connectivity index (χ1) is 36.3. The van der Waals surface area contributed by atoms with Gasteiger partial charge in [0.15, 0.2) is 0 Å². The first-order valence-electron chi connectivity index (χ1n) is 26.1. The summed E-state index contributed by atoms with van der Waals surface area (Å²) in [5.74, 6) is -1.05. The number of carbonyl (C=O) groups is 1. The number of benzene rings is 5. The van der Waals surface area contributed by atoms with Crippen LogP contribution in [0.3, 0.4) is 0 Å². The number of rotatable bonds is 27. The Kier molecular flexibility index (Phi) is 17.7. The number of non-ortho nitro benzene ring substituents is 1. The van der Waals surface area contributed by atoms with Crippen molar-refractivity contribution < 1.29 is 48.5 Å². The minimum Gasteiger partial charge on any atom is -0.492 e. The topological polar surface area (TPSA) is 175 Å². The number of hydrogen-bond acceptors (Lipinski definition) is 13. The molecule has 1 amide bonds. The zero-order chi connectivity index (χ0) is 51.3. The van der Waals surface area contributed by atoms with Gasteiger partial charge in [-0.25, -0.2) is 4.79 Å². The van der Waals surface area contributed by atoms with Crippen LogP contribution in [0.2, 0.25) is 0 Å². The van der Waals surface area contributed by atoms with E-state index in [4.69, 9.17) is 33.7 Å². The van der Waals surface area contributed by atoms with Crippen LogP contribution >= 0.6 is 0 Å². The Balaban J connectivity index is 1.19. The highest BCUT2D eigenvalue weighted by atomic mass is 16.7. The molecule has 1 saturated heterocycles. The number of allylic oxidation sites excluding steroid dienone is 1. The van der Waals surface area contributed by atoms with E-state index >= 15 is 4.79 Å². The molecule has 0 unspecified atom stereocenters. The summed E-state index contributed by atoms with van der Waals surface area (Å²) in [6.45, 7) is 8.44. The van der Waals surface area contributed by atoms with Gasteiger partial charge in [0, 0.05) is 62.9 Å². The lowest BCUT2D eigenvalue weighted by Gasteiger charge is -2.60. The molecule has 2 aliphatic heterocycles. The van der Waals surface area contributed by atoms with Crippen molar-refractivity contribution >= 4 is 28.3 Å². The second kappa shape index (κ2) is 25.1. The molecule has 1 saturated carbocycles. The minimum atomic E-state index is -1.55. The van der Waals surface area contributed by atoms with Gasteiger partial charge in [-0.3, -0.25) is 19.9 Å². The van der Waals surface area contributed by atoms with Gasteiger partial charge >= 0.3 is 6.09 Å². The number of oxime groups is 1. The molecule has 74 heavy (non-hydrogen) atoms. The SMILES string of the molecule is C=CCO[C@@]12Oc3ccc(OCCN4CC4)cc3[C@H]3[C@H](CCCCO)[C@@H](CCCCO)C=C(C(=NOCc4ccc([N+](=O)[O-])cc4)C[C@@H]1N(Cc1cccc4ccccc14)C(=O)OCCOCc1ccccc1)[C@H]32. The zero-order valence-electron chi connectivity index (χ0n) is 42.0. The predicted molar refractivity (Wildman–Crippen MR) is 282 cm³/mol. The summed E-state index contributed by atoms with van der Waals surface area (Å²) in [5.41, 5.74) is 4.98. The maximum atomic E-state index is 15.3. The highest BCUT2D eigenvalue weighted by Crippen LogP contribution is 2.62. The van der Waals surface area contributed by atoms with E-state index in [1.54, 1.807) is 23.1 Å². The van der Waals surface area contributed by atoms with Gasteiger partial charge in [-0.15, -0.1) is 6.58 Å². The van der Waals surface area contributed by atoms with Crippen LogP contribution in [-0.2, 0) is 38.8 Å². The molecule has 4 aliphatic rings. The standard InChI is InChI=1S/C59H68N4O11/c1-2-32-72-59-55(62(39-46-18-12-17-44-15-6-7-19-49(44)46)58(66)71-35-34-69-40-42-13-4-3-5-14-42)38-53(60-73-41-43-21-23-47(24-22-43)63(67)68)51-36-45(16-8-10-30-64)50(20-9-11-31-65)56(57(51)59)52-37-48(25-26-54(52)74-59)70-33-29-61-27-28-61/h2-7,12-15,17-19,21-26,36-37,45,50,55-57,64-65H,1,8-11,16,20,27-35,38-41H2/t45-,50+,55-,56+,57+,59+/m0/s1. The molecule has 0 aromatic heterocycles. The van der Waals surface area contributed by atoms with Crippen molar-refractivity contribution in [2.24, 2.45) is 22.9 Å². The number of nitrogens with zero attached hydrogens (tertiary/aromatic N) is 4. The van der Waals surface area contributed by atoms with Gasteiger partial charge in [-0.2, -0.15) is 0 Å². The molecule has 5 aromatic carbocycles. The van der Waals surface area contributed by atoms with Crippen molar-refractivity contribution in [3.63, 3.8) is 0 Å². The quantitative estimate of drug-likeness (QED) is 0.0168. The molecule has 2 heterocycles. The van der Waals surface area contributed by atoms with Crippen molar-refractivity contribution in [3.05, 3.63) is 172 Å². The van der Waals surface area contributed by atoms with E-state index in [0.29, 0.717) is 43.1 Å². The fourth-order valence-electron chi connectivity index (χ4n) is 11.2. The Morgan fingerprint density at radius 1 is 0.878 bits per heavy atom. The number of carbonyl (C=O) groups excluding carboxylic acids is 1. The van der Waals surface area contributed by atoms with Gasteiger partial charge in [-0.05, 0) is 101 Å². The molecule has 15 heteroatoms. The van der Waals surface area contributed by atoms with E-state index < -0.39 is 28.8 Å². The average molecular weight is 1010 g/mol. The van der Waals surface area contributed by atoms with Crippen molar-refractivity contribution in [2.75, 3.05) is 59.3 Å². The lowest BCUT2D eigenvalue weighted by molar-refractivity contribution is -0.384. The van der Waals surface area contributed by atoms with Crippen molar-refractivity contribution in [1.82, 2.24) is 9.80 Å². The zero-order valence-corrected chi connectivity index (χ0v) is 42.0. The maximum Gasteiger partial charge on any atom is 0.410 e. The number of aliphatic hydroxyl groups excluding tert-OH is 2. The van der Waals surface area contributed by atoms with Crippen molar-refractivity contribution in [3.8, 4) is 11.5 Å². The summed E-state index contributed by atoms with van der Waals surface area (Å²) in [6.07, 6.45) is 7.90. The normalized spacial score (nSPS) is 22.2. The van der Waals surface area contributed by atoms with Crippen LogP contribution in [0.15, 0.2) is 145 Å². The lowest BCUT2D eigenvalue weighted by Crippen LogP contribution is -2.70. The molecule has 2 fully saturated rings. The molecule has 9 rings (SSSR count). The Morgan fingerprint density at radius 2 is 1.64 bits per heavy atom. The highest BCUT2D eigenvalue weighted by Gasteiger charge is 2.66. The molecule has 390 valence electrons. The second-order valence-corrected chi connectivity index (χ2v) is 19.6. The third-order valence-corrected chi connectivity index (χ3v) is 14.8. The molecule has 2 N–H and O–H groups in total. The van der Waals surface area contributed by atoms with E-state index in [1.807, 2.05) is 78.9 Å². The fraction of sp³-hybridized carbons (Fsp3) is 0.424. The van der Waals surface area contributed by atoms with Gasteiger partial charge in [-0.1, -0.05) is 103 Å². The second-order valence-electron chi connectivity index (χ2n) is 19.6. The molecular weight excluding hydrogens is 941 g/mol. The smallest absolute Gasteiger partial charge is 0.410 e. The molecule has 15 nitrogen and oxygen atoms in total. The van der Waals surface area contributed by atoms with Crippen LogP contribution in [0.25, 0.3) is 10.8 Å². The number of ether oxygens (including phenoxy) is 5. The van der Waals surface area contributed by atoms with Crippen LogP contribution < -0.4 is 9.47 Å². The van der Waals surface area contributed by atoms with Crippen LogP contribution in [0.5, 0.6) is 11.5 Å². The van der Waals surface area contributed by atoms with Crippen LogP contribution in [-0.4, -0.2) is 108 Å². The molecular formula is C59H68N4O11. The number of aliphatic hydroxyl groups is 2. The van der Waals surface area contributed by atoms with Gasteiger partial charge < -0.3 is 38.7 Å². The van der Waals surface area contributed by atoms with Crippen molar-refractivity contribution in [1.29, 1.82) is 0 Å². The van der Waals surface area contributed by atoms with Crippen LogP contribution in [0.1, 0.15) is 73.1 Å². The number of amides is 1. The van der Waals surface area contributed by atoms with E-state index in [2.05, 4.69) is 29.7 Å². The number of nitro groups is 1. The summed E-state index contributed by atoms with van der Waals surface area (Å²) in [5, 5.41) is 38.7. The van der Waals surface area contributed by atoms with E-state index in [-0.39, 0.29) is 76.0 Å². The number of hydrogen-bond donors (Lipinski definition) is 2. The molecule has 0 bridgehead atoms.